The van der Waals surface area contributed by atoms with Gasteiger partial charge in [-0.05, 0) is 24.3 Å². The largest absolute Gasteiger partial charge is 0.510 e. The Bertz CT molecular complexity index is 717. The molecular weight excluding hydrogens is 296 g/mol. The normalized spacial score (nSPS) is 10.9. The van der Waals surface area contributed by atoms with E-state index in [1.165, 1.54) is 12.4 Å². The minimum Gasteiger partial charge on any atom is -0.265 e. The zero-order valence-corrected chi connectivity index (χ0v) is 10.9. The Kier molecular flexibility index (Phi) is 3.75. The predicted octanol–water partition coefficient (Wildman–Crippen LogP) is 1.74. The summed E-state index contributed by atoms with van der Waals surface area (Å²) in [7, 11) is 0. The van der Waals surface area contributed by atoms with Crippen molar-refractivity contribution < 1.29 is 14.8 Å². The standard InChI is InChI=1S/C12H8N4O6/c17-14(18)11-3-1-9(2-4-11)12(15(19)20,16(21)22)10-5-7-13-8-6-10/h1-8H. The van der Waals surface area contributed by atoms with Crippen molar-refractivity contribution in [2.75, 3.05) is 0 Å². The van der Waals surface area contributed by atoms with Gasteiger partial charge >= 0.3 is 5.66 Å². The van der Waals surface area contributed by atoms with E-state index in [4.69, 9.17) is 0 Å². The fraction of sp³-hybridized carbons (Fsp3) is 0.0833. The number of non-ortho nitro benzene ring substituents is 1. The van der Waals surface area contributed by atoms with E-state index >= 15 is 0 Å². The lowest BCUT2D eigenvalue weighted by molar-refractivity contribution is -0.796. The number of aromatic nitrogens is 1. The number of hydrogen-bond acceptors (Lipinski definition) is 7. The molecule has 0 N–H and O–H groups in total. The van der Waals surface area contributed by atoms with Gasteiger partial charge in [0, 0.05) is 24.5 Å². The maximum atomic E-state index is 11.5. The first-order chi connectivity index (χ1) is 10.4. The number of hydrogen-bond donors (Lipinski definition) is 0. The van der Waals surface area contributed by atoms with Gasteiger partial charge in [0.25, 0.3) is 5.69 Å². The van der Waals surface area contributed by atoms with Crippen LogP contribution < -0.4 is 0 Å². The Morgan fingerprint density at radius 3 is 1.64 bits per heavy atom. The molecule has 0 unspecified atom stereocenters. The molecule has 0 radical (unpaired) electrons. The van der Waals surface area contributed by atoms with Crippen LogP contribution in [0.5, 0.6) is 0 Å². The Morgan fingerprint density at radius 1 is 0.773 bits per heavy atom. The number of nitrogens with zero attached hydrogens (tertiary/aromatic N) is 4. The van der Waals surface area contributed by atoms with Gasteiger partial charge < -0.3 is 0 Å². The summed E-state index contributed by atoms with van der Waals surface area (Å²) < 4.78 is 0. The fourth-order valence-electron chi connectivity index (χ4n) is 2.05. The molecule has 0 bridgehead atoms. The van der Waals surface area contributed by atoms with Crippen molar-refractivity contribution in [1.82, 2.24) is 4.98 Å². The quantitative estimate of drug-likeness (QED) is 0.465. The third-order valence-electron chi connectivity index (χ3n) is 3.09. The van der Waals surface area contributed by atoms with Crippen LogP contribution >= 0.6 is 0 Å². The molecule has 1 aromatic carbocycles. The van der Waals surface area contributed by atoms with Crippen LogP contribution in [0, 0.1) is 30.3 Å². The van der Waals surface area contributed by atoms with Gasteiger partial charge in [0.1, 0.15) is 21.0 Å². The number of nitro groups is 3. The first kappa shape index (κ1) is 15.0. The van der Waals surface area contributed by atoms with Gasteiger partial charge in [-0.15, -0.1) is 0 Å². The zero-order chi connectivity index (χ0) is 16.3. The molecule has 2 aromatic rings. The lowest BCUT2D eigenvalue weighted by Gasteiger charge is -2.17. The number of benzene rings is 1. The molecular formula is C12H8N4O6. The highest BCUT2D eigenvalue weighted by atomic mass is 16.7. The molecule has 10 nitrogen and oxygen atoms in total. The highest BCUT2D eigenvalue weighted by molar-refractivity contribution is 5.38. The third-order valence-corrected chi connectivity index (χ3v) is 3.09. The first-order valence-electron chi connectivity index (χ1n) is 5.85. The smallest absolute Gasteiger partial charge is 0.265 e. The van der Waals surface area contributed by atoms with Crippen LogP contribution in [0.15, 0.2) is 48.8 Å². The van der Waals surface area contributed by atoms with Crippen LogP contribution in [0.4, 0.5) is 5.69 Å². The lowest BCUT2D eigenvalue weighted by Crippen LogP contribution is -2.44. The summed E-state index contributed by atoms with van der Waals surface area (Å²) >= 11 is 0. The van der Waals surface area contributed by atoms with Gasteiger partial charge in [0.05, 0.1) is 4.92 Å². The van der Waals surface area contributed by atoms with Crippen LogP contribution in [0.1, 0.15) is 11.1 Å². The highest BCUT2D eigenvalue weighted by Crippen LogP contribution is 2.34. The van der Waals surface area contributed by atoms with E-state index in [9.17, 15) is 30.3 Å². The van der Waals surface area contributed by atoms with Crippen LogP contribution in [0.25, 0.3) is 0 Å². The van der Waals surface area contributed by atoms with Crippen molar-refractivity contribution in [3.63, 3.8) is 0 Å². The van der Waals surface area contributed by atoms with Crippen molar-refractivity contribution in [2.45, 2.75) is 5.66 Å². The van der Waals surface area contributed by atoms with Crippen molar-refractivity contribution in [3.8, 4) is 0 Å². The van der Waals surface area contributed by atoms with E-state index in [0.29, 0.717) is 0 Å². The number of rotatable bonds is 5. The average Bonchev–Trinajstić information content (AvgIpc) is 2.49. The lowest BCUT2D eigenvalue weighted by atomic mass is 9.93. The summed E-state index contributed by atoms with van der Waals surface area (Å²) in [5, 5.41) is 33.6. The van der Waals surface area contributed by atoms with E-state index < -0.39 is 20.4 Å². The van der Waals surface area contributed by atoms with Gasteiger partial charge in [-0.2, -0.15) is 0 Å². The second kappa shape index (κ2) is 5.52. The topological polar surface area (TPSA) is 142 Å². The molecule has 0 spiro atoms. The van der Waals surface area contributed by atoms with Crippen LogP contribution in [-0.2, 0) is 5.66 Å². The van der Waals surface area contributed by atoms with Crippen LogP contribution in [0.2, 0.25) is 0 Å². The molecule has 0 aliphatic heterocycles. The number of pyridine rings is 1. The van der Waals surface area contributed by atoms with Crippen molar-refractivity contribution in [1.29, 1.82) is 0 Å². The molecule has 22 heavy (non-hydrogen) atoms. The summed E-state index contributed by atoms with van der Waals surface area (Å²) in [6, 6.07) is 6.30. The summed E-state index contributed by atoms with van der Waals surface area (Å²) in [6.07, 6.45) is 2.39. The molecule has 0 aliphatic rings. The Labute approximate surface area is 122 Å². The maximum Gasteiger partial charge on any atom is 0.510 e. The molecule has 0 atom stereocenters. The second-order valence-electron chi connectivity index (χ2n) is 4.23. The van der Waals surface area contributed by atoms with Crippen LogP contribution in [0.3, 0.4) is 0 Å². The molecule has 2 rings (SSSR count). The molecule has 1 heterocycles. The second-order valence-corrected chi connectivity index (χ2v) is 4.23. The molecule has 1 aromatic heterocycles. The molecule has 0 fully saturated rings. The van der Waals surface area contributed by atoms with Crippen molar-refractivity contribution in [3.05, 3.63) is 90.3 Å². The number of nitro benzene ring substituents is 1. The Balaban J connectivity index is 2.71. The average molecular weight is 304 g/mol. The maximum absolute atomic E-state index is 11.5. The van der Waals surface area contributed by atoms with Gasteiger partial charge in [0.15, 0.2) is 0 Å². The van der Waals surface area contributed by atoms with E-state index in [1.54, 1.807) is 0 Å². The molecule has 0 saturated heterocycles. The monoisotopic (exact) mass is 304 g/mol. The van der Waals surface area contributed by atoms with Crippen LogP contribution in [-0.4, -0.2) is 19.8 Å². The van der Waals surface area contributed by atoms with Gasteiger partial charge in [-0.25, -0.2) is 0 Å². The van der Waals surface area contributed by atoms with E-state index in [-0.39, 0.29) is 16.8 Å². The summed E-state index contributed by atoms with van der Waals surface area (Å²) in [5.74, 6) is 0. The minimum absolute atomic E-state index is 0.202. The highest BCUT2D eigenvalue weighted by Gasteiger charge is 2.60. The Morgan fingerprint density at radius 2 is 1.23 bits per heavy atom. The van der Waals surface area contributed by atoms with Crippen molar-refractivity contribution >= 4 is 5.69 Å². The van der Waals surface area contributed by atoms with E-state index in [1.807, 2.05) is 0 Å². The summed E-state index contributed by atoms with van der Waals surface area (Å²) in [4.78, 5) is 34.5. The molecule has 112 valence electrons. The summed E-state index contributed by atoms with van der Waals surface area (Å²) in [5.41, 5.74) is -3.57. The van der Waals surface area contributed by atoms with E-state index in [0.717, 1.165) is 36.4 Å². The molecule has 0 amide bonds. The van der Waals surface area contributed by atoms with Gasteiger partial charge in [0.2, 0.25) is 0 Å². The zero-order valence-electron chi connectivity index (χ0n) is 10.9. The Hall–Kier alpha value is -3.43. The summed E-state index contributed by atoms with van der Waals surface area (Å²) in [6.45, 7) is 0. The molecule has 10 heteroatoms. The fourth-order valence-corrected chi connectivity index (χ4v) is 2.05. The SMILES string of the molecule is O=[N+]([O-])c1ccc(C(c2ccncc2)([N+](=O)[O-])[N+](=O)[O-])cc1. The van der Waals surface area contributed by atoms with Gasteiger partial charge in [-0.1, -0.05) is 0 Å². The third kappa shape index (κ3) is 2.22. The van der Waals surface area contributed by atoms with Gasteiger partial charge in [-0.3, -0.25) is 35.3 Å². The minimum atomic E-state index is -2.75. The van der Waals surface area contributed by atoms with E-state index in [2.05, 4.69) is 4.98 Å². The first-order valence-corrected chi connectivity index (χ1v) is 5.85. The molecule has 0 aliphatic carbocycles. The van der Waals surface area contributed by atoms with Crippen molar-refractivity contribution in [2.24, 2.45) is 0 Å². The predicted molar refractivity (Wildman–Crippen MR) is 72.1 cm³/mol. The molecule has 0 saturated carbocycles.